The molecule has 0 radical (unpaired) electrons. The van der Waals surface area contributed by atoms with E-state index in [0.29, 0.717) is 25.0 Å². The summed E-state index contributed by atoms with van der Waals surface area (Å²) >= 11 is 1.43. The van der Waals surface area contributed by atoms with Gasteiger partial charge in [-0.1, -0.05) is 30.3 Å². The number of rotatable bonds is 6. The molecule has 1 aromatic heterocycles. The normalized spacial score (nSPS) is 16.2. The maximum absolute atomic E-state index is 12.6. The summed E-state index contributed by atoms with van der Waals surface area (Å²) in [5, 5.41) is 18.5. The van der Waals surface area contributed by atoms with Gasteiger partial charge in [0.15, 0.2) is 0 Å². The van der Waals surface area contributed by atoms with Crippen molar-refractivity contribution in [1.29, 1.82) is 0 Å². The van der Waals surface area contributed by atoms with E-state index in [1.165, 1.54) is 28.8 Å². The Labute approximate surface area is 176 Å². The lowest BCUT2D eigenvalue weighted by Gasteiger charge is -2.22. The molecular weight excluding hydrogens is 406 g/mol. The van der Waals surface area contributed by atoms with Gasteiger partial charge in [-0.15, -0.1) is 11.8 Å². The van der Waals surface area contributed by atoms with Gasteiger partial charge in [-0.2, -0.15) is 5.10 Å². The molecule has 4 rings (SSSR count). The van der Waals surface area contributed by atoms with Crippen LogP contribution in [0.25, 0.3) is 10.9 Å². The summed E-state index contributed by atoms with van der Waals surface area (Å²) in [5.74, 6) is 0.0575. The summed E-state index contributed by atoms with van der Waals surface area (Å²) in [7, 11) is 0. The van der Waals surface area contributed by atoms with Crippen LogP contribution in [0, 0.1) is 10.1 Å². The largest absolute Gasteiger partial charge is 0.338 e. The summed E-state index contributed by atoms with van der Waals surface area (Å²) < 4.78 is 1.68. The number of aryl methyl sites for hydroxylation is 1. The first-order valence-electron chi connectivity index (χ1n) is 9.41. The molecule has 1 unspecified atom stereocenters. The highest BCUT2D eigenvalue weighted by molar-refractivity contribution is 8.00. The second kappa shape index (κ2) is 8.54. The number of imide groups is 1. The summed E-state index contributed by atoms with van der Waals surface area (Å²) in [6.07, 6.45) is 2.22. The maximum Gasteiger partial charge on any atom is 0.325 e. The van der Waals surface area contributed by atoms with Crippen LogP contribution < -0.4 is 5.32 Å². The molecule has 0 saturated carbocycles. The third-order valence-corrected chi connectivity index (χ3v) is 6.05. The van der Waals surface area contributed by atoms with E-state index in [9.17, 15) is 19.7 Å². The van der Waals surface area contributed by atoms with Crippen molar-refractivity contribution in [3.63, 3.8) is 0 Å². The number of nitrogens with one attached hydrogen (secondary N) is 1. The molecule has 2 aromatic carbocycles. The lowest BCUT2D eigenvalue weighted by molar-refractivity contribution is -0.384. The number of benzene rings is 2. The molecular formula is C20H19N5O4S. The number of nitrogens with zero attached hydrogens (tertiary/aromatic N) is 4. The zero-order valence-electron chi connectivity index (χ0n) is 15.9. The molecule has 0 bridgehead atoms. The van der Waals surface area contributed by atoms with Crippen LogP contribution in [0.1, 0.15) is 17.4 Å². The molecule has 10 heteroatoms. The first-order chi connectivity index (χ1) is 14.5. The minimum Gasteiger partial charge on any atom is -0.338 e. The molecule has 30 heavy (non-hydrogen) atoms. The molecule has 3 aromatic rings. The number of amides is 3. The highest BCUT2D eigenvalue weighted by Crippen LogP contribution is 2.38. The van der Waals surface area contributed by atoms with Gasteiger partial charge >= 0.3 is 6.03 Å². The summed E-state index contributed by atoms with van der Waals surface area (Å²) in [5.41, 5.74) is 1.59. The molecule has 1 aliphatic heterocycles. The van der Waals surface area contributed by atoms with E-state index in [0.717, 1.165) is 10.9 Å². The standard InChI is InChI=1S/C20H19N5O4S/c26-18-13-30-19(14-5-2-1-3-6-14)24(18)20(27)21-9-4-10-23-17-11-16(25(28)29)8-7-15(17)12-22-23/h1-3,5-8,11-12,19H,4,9-10,13H2,(H,21,27). The number of urea groups is 1. The Kier molecular flexibility index (Phi) is 5.66. The highest BCUT2D eigenvalue weighted by atomic mass is 32.2. The number of fused-ring (bicyclic) bond motifs is 1. The van der Waals surface area contributed by atoms with Crippen LogP contribution in [0.3, 0.4) is 0 Å². The molecule has 1 saturated heterocycles. The third kappa shape index (κ3) is 3.99. The van der Waals surface area contributed by atoms with E-state index in [1.807, 2.05) is 30.3 Å². The number of thioether (sulfide) groups is 1. The van der Waals surface area contributed by atoms with Crippen LogP contribution in [0.2, 0.25) is 0 Å². The fourth-order valence-electron chi connectivity index (χ4n) is 3.37. The van der Waals surface area contributed by atoms with Gasteiger partial charge in [0.1, 0.15) is 5.37 Å². The van der Waals surface area contributed by atoms with Crippen molar-refractivity contribution < 1.29 is 14.5 Å². The van der Waals surface area contributed by atoms with Crippen LogP contribution in [-0.4, -0.2) is 43.8 Å². The van der Waals surface area contributed by atoms with Gasteiger partial charge < -0.3 is 5.32 Å². The van der Waals surface area contributed by atoms with Gasteiger partial charge in [-0.25, -0.2) is 9.69 Å². The van der Waals surface area contributed by atoms with Crippen LogP contribution in [0.15, 0.2) is 54.7 Å². The van der Waals surface area contributed by atoms with Crippen LogP contribution in [0.5, 0.6) is 0 Å². The number of hydrogen-bond donors (Lipinski definition) is 1. The lowest BCUT2D eigenvalue weighted by Crippen LogP contribution is -2.42. The van der Waals surface area contributed by atoms with Gasteiger partial charge in [0.25, 0.3) is 5.69 Å². The summed E-state index contributed by atoms with van der Waals surface area (Å²) in [6, 6.07) is 13.6. The topological polar surface area (TPSA) is 110 Å². The average molecular weight is 425 g/mol. The van der Waals surface area contributed by atoms with Gasteiger partial charge in [0.05, 0.1) is 22.4 Å². The van der Waals surface area contributed by atoms with Crippen molar-refractivity contribution in [2.24, 2.45) is 0 Å². The quantitative estimate of drug-likeness (QED) is 0.368. The SMILES string of the molecule is O=C1CSC(c2ccccc2)N1C(=O)NCCCn1ncc2ccc([N+](=O)[O-])cc21. The second-order valence-corrected chi connectivity index (χ2v) is 7.86. The fourth-order valence-corrected chi connectivity index (χ4v) is 4.52. The van der Waals surface area contributed by atoms with Gasteiger partial charge in [-0.05, 0) is 18.1 Å². The Balaban J connectivity index is 1.36. The molecule has 9 nitrogen and oxygen atoms in total. The molecule has 1 atom stereocenters. The van der Waals surface area contributed by atoms with Crippen molar-refractivity contribution in [3.8, 4) is 0 Å². The average Bonchev–Trinajstić information content (AvgIpc) is 3.34. The van der Waals surface area contributed by atoms with Crippen molar-refractivity contribution in [3.05, 3.63) is 70.4 Å². The Bertz CT molecular complexity index is 1100. The minimum absolute atomic E-state index is 0.00884. The maximum atomic E-state index is 12.6. The molecule has 154 valence electrons. The minimum atomic E-state index is -0.439. The Morgan fingerprint density at radius 1 is 1.27 bits per heavy atom. The zero-order valence-corrected chi connectivity index (χ0v) is 16.7. The first-order valence-corrected chi connectivity index (χ1v) is 10.5. The molecule has 3 amide bonds. The van der Waals surface area contributed by atoms with Gasteiger partial charge in [0, 0.05) is 30.6 Å². The number of hydrogen-bond acceptors (Lipinski definition) is 6. The monoisotopic (exact) mass is 425 g/mol. The molecule has 0 spiro atoms. The van der Waals surface area contributed by atoms with E-state index in [-0.39, 0.29) is 22.7 Å². The van der Waals surface area contributed by atoms with Crippen molar-refractivity contribution in [2.45, 2.75) is 18.3 Å². The number of non-ortho nitro benzene ring substituents is 1. The number of nitro groups is 1. The number of carbonyl (C=O) groups is 2. The van der Waals surface area contributed by atoms with Gasteiger partial charge in [-0.3, -0.25) is 19.6 Å². The van der Waals surface area contributed by atoms with Gasteiger partial charge in [0.2, 0.25) is 5.91 Å². The Morgan fingerprint density at radius 3 is 2.83 bits per heavy atom. The molecule has 1 fully saturated rings. The predicted octanol–water partition coefficient (Wildman–Crippen LogP) is 3.32. The predicted molar refractivity (Wildman–Crippen MR) is 113 cm³/mol. The Morgan fingerprint density at radius 2 is 2.07 bits per heavy atom. The first kappa shape index (κ1) is 19.9. The smallest absolute Gasteiger partial charge is 0.325 e. The summed E-state index contributed by atoms with van der Waals surface area (Å²) in [6.45, 7) is 0.834. The molecule has 2 heterocycles. The molecule has 1 N–H and O–H groups in total. The zero-order chi connectivity index (χ0) is 21.1. The highest BCUT2D eigenvalue weighted by Gasteiger charge is 2.37. The van der Waals surface area contributed by atoms with E-state index in [4.69, 9.17) is 0 Å². The van der Waals surface area contributed by atoms with E-state index in [1.54, 1.807) is 16.9 Å². The third-order valence-electron chi connectivity index (χ3n) is 4.83. The molecule has 1 aliphatic rings. The number of carbonyl (C=O) groups excluding carboxylic acids is 2. The van der Waals surface area contributed by atoms with E-state index >= 15 is 0 Å². The van der Waals surface area contributed by atoms with Crippen LogP contribution in [-0.2, 0) is 11.3 Å². The van der Waals surface area contributed by atoms with E-state index in [2.05, 4.69) is 10.4 Å². The Hall–Kier alpha value is -3.40. The number of aromatic nitrogens is 2. The van der Waals surface area contributed by atoms with Crippen molar-refractivity contribution in [2.75, 3.05) is 12.3 Å². The number of nitro benzene ring substituents is 1. The lowest BCUT2D eigenvalue weighted by atomic mass is 10.2. The fraction of sp³-hybridized carbons (Fsp3) is 0.250. The molecule has 0 aliphatic carbocycles. The van der Waals surface area contributed by atoms with Crippen molar-refractivity contribution >= 4 is 40.3 Å². The van der Waals surface area contributed by atoms with Crippen LogP contribution in [0.4, 0.5) is 10.5 Å². The van der Waals surface area contributed by atoms with Crippen molar-refractivity contribution in [1.82, 2.24) is 20.0 Å². The second-order valence-electron chi connectivity index (χ2n) is 6.79. The van der Waals surface area contributed by atoms with Crippen LogP contribution >= 0.6 is 11.8 Å². The van der Waals surface area contributed by atoms with E-state index < -0.39 is 11.0 Å². The summed E-state index contributed by atoms with van der Waals surface area (Å²) in [4.78, 5) is 36.7.